The van der Waals surface area contributed by atoms with Gasteiger partial charge in [0.05, 0.1) is 17.9 Å². The van der Waals surface area contributed by atoms with Crippen LogP contribution in [0.25, 0.3) is 5.82 Å². The van der Waals surface area contributed by atoms with E-state index in [-0.39, 0.29) is 18.1 Å². The zero-order valence-corrected chi connectivity index (χ0v) is 17.2. The van der Waals surface area contributed by atoms with Gasteiger partial charge >= 0.3 is 0 Å². The summed E-state index contributed by atoms with van der Waals surface area (Å²) in [5, 5.41) is 7.70. The van der Waals surface area contributed by atoms with Crippen molar-refractivity contribution >= 4 is 5.91 Å². The lowest BCUT2D eigenvalue weighted by Crippen LogP contribution is -2.29. The summed E-state index contributed by atoms with van der Waals surface area (Å²) in [5.74, 6) is 1.49. The molecule has 1 aliphatic rings. The zero-order valence-electron chi connectivity index (χ0n) is 17.2. The maximum Gasteiger partial charge on any atom is 0.270 e. The van der Waals surface area contributed by atoms with E-state index in [9.17, 15) is 4.79 Å². The third-order valence-electron chi connectivity index (χ3n) is 5.27. The van der Waals surface area contributed by atoms with Gasteiger partial charge in [0.1, 0.15) is 17.3 Å². The molecule has 4 rings (SSSR count). The summed E-state index contributed by atoms with van der Waals surface area (Å²) in [7, 11) is 0. The van der Waals surface area contributed by atoms with Gasteiger partial charge in [-0.25, -0.2) is 9.97 Å². The van der Waals surface area contributed by atoms with E-state index >= 15 is 0 Å². The molecule has 0 aliphatic carbocycles. The van der Waals surface area contributed by atoms with Crippen LogP contribution in [0.2, 0.25) is 0 Å². The second kappa shape index (κ2) is 7.79. The highest BCUT2D eigenvalue weighted by atomic mass is 16.5. The molecule has 29 heavy (non-hydrogen) atoms. The molecule has 0 bridgehead atoms. The number of aromatic nitrogens is 5. The number of nitrogens with zero attached hydrogens (tertiary/aromatic N) is 5. The van der Waals surface area contributed by atoms with E-state index in [0.717, 1.165) is 28.5 Å². The highest BCUT2D eigenvalue weighted by Crippen LogP contribution is 2.31. The molecular weight excluding hydrogens is 368 g/mol. The van der Waals surface area contributed by atoms with Crippen LogP contribution in [0.15, 0.2) is 30.7 Å². The van der Waals surface area contributed by atoms with Crippen LogP contribution in [0, 0.1) is 6.92 Å². The predicted molar refractivity (Wildman–Crippen MR) is 108 cm³/mol. The first-order valence-corrected chi connectivity index (χ1v) is 9.97. The van der Waals surface area contributed by atoms with Crippen LogP contribution in [0.1, 0.15) is 60.0 Å². The maximum absolute atomic E-state index is 13.2. The number of hydrogen-bond acceptors (Lipinski definition) is 5. The summed E-state index contributed by atoms with van der Waals surface area (Å²) in [4.78, 5) is 21.9. The molecule has 0 saturated carbocycles. The Morgan fingerprint density at radius 1 is 1.31 bits per heavy atom. The van der Waals surface area contributed by atoms with Gasteiger partial charge in [0.2, 0.25) is 0 Å². The Labute approximate surface area is 169 Å². The molecule has 2 atom stereocenters. The summed E-state index contributed by atoms with van der Waals surface area (Å²) in [6.07, 6.45) is 5.99. The van der Waals surface area contributed by atoms with Crippen molar-refractivity contribution in [3.8, 4) is 5.82 Å². The minimum absolute atomic E-state index is 0.0627. The van der Waals surface area contributed by atoms with E-state index in [1.807, 2.05) is 50.6 Å². The van der Waals surface area contributed by atoms with E-state index in [1.165, 1.54) is 0 Å². The number of pyridine rings is 1. The number of imidazole rings is 1. The Bertz CT molecular complexity index is 1040. The van der Waals surface area contributed by atoms with Crippen LogP contribution in [-0.4, -0.2) is 36.3 Å². The van der Waals surface area contributed by atoms with E-state index < -0.39 is 0 Å². The molecule has 8 heteroatoms. The van der Waals surface area contributed by atoms with Crippen molar-refractivity contribution in [2.45, 2.75) is 59.4 Å². The quantitative estimate of drug-likeness (QED) is 0.719. The topological polar surface area (TPSA) is 86.9 Å². The molecule has 8 nitrogen and oxygen atoms in total. The van der Waals surface area contributed by atoms with Crippen LogP contribution < -0.4 is 5.32 Å². The Balaban J connectivity index is 1.60. The highest BCUT2D eigenvalue weighted by Gasteiger charge is 2.31. The monoisotopic (exact) mass is 394 g/mol. The average molecular weight is 394 g/mol. The number of carbonyl (C=O) groups is 1. The number of hydrogen-bond donors (Lipinski definition) is 1. The number of nitrogens with one attached hydrogen (secondary N) is 1. The number of ether oxygens (including phenoxy) is 1. The third kappa shape index (κ3) is 3.55. The first-order chi connectivity index (χ1) is 14.0. The minimum atomic E-state index is -0.126. The van der Waals surface area contributed by atoms with Crippen LogP contribution >= 0.6 is 0 Å². The second-order valence-electron chi connectivity index (χ2n) is 7.33. The Hall–Kier alpha value is -3.00. The van der Waals surface area contributed by atoms with Crippen LogP contribution in [0.4, 0.5) is 0 Å². The fraction of sp³-hybridized carbons (Fsp3) is 0.429. The molecule has 0 fully saturated rings. The molecule has 1 N–H and O–H groups in total. The molecule has 0 spiro atoms. The maximum atomic E-state index is 13.2. The van der Waals surface area contributed by atoms with Gasteiger partial charge in [-0.2, -0.15) is 5.10 Å². The first-order valence-electron chi connectivity index (χ1n) is 9.97. The van der Waals surface area contributed by atoms with Crippen molar-refractivity contribution in [3.63, 3.8) is 0 Å². The fourth-order valence-electron chi connectivity index (χ4n) is 3.92. The van der Waals surface area contributed by atoms with E-state index in [4.69, 9.17) is 4.74 Å². The van der Waals surface area contributed by atoms with Crippen LogP contribution in [0.5, 0.6) is 0 Å². The molecule has 0 radical (unpaired) electrons. The molecule has 0 saturated heterocycles. The predicted octanol–water partition coefficient (Wildman–Crippen LogP) is 2.74. The number of fused-ring (bicyclic) bond motifs is 1. The number of aryl methyl sites for hydroxylation is 2. The molecule has 4 heterocycles. The molecule has 3 aromatic rings. The zero-order chi connectivity index (χ0) is 20.5. The van der Waals surface area contributed by atoms with Gasteiger partial charge < -0.3 is 10.1 Å². The molecule has 1 aliphatic heterocycles. The Morgan fingerprint density at radius 2 is 2.14 bits per heavy atom. The van der Waals surface area contributed by atoms with E-state index in [1.54, 1.807) is 17.1 Å². The van der Waals surface area contributed by atoms with E-state index in [2.05, 4.69) is 20.4 Å². The van der Waals surface area contributed by atoms with Gasteiger partial charge in [0.25, 0.3) is 5.91 Å². The molecule has 3 aromatic heterocycles. The van der Waals surface area contributed by atoms with Crippen molar-refractivity contribution in [1.82, 2.24) is 29.6 Å². The van der Waals surface area contributed by atoms with Crippen molar-refractivity contribution in [1.29, 1.82) is 0 Å². The van der Waals surface area contributed by atoms with Crippen LogP contribution in [0.3, 0.4) is 0 Å². The van der Waals surface area contributed by atoms with Gasteiger partial charge in [0.15, 0.2) is 0 Å². The number of rotatable bonds is 5. The van der Waals surface area contributed by atoms with Crippen molar-refractivity contribution in [3.05, 3.63) is 59.1 Å². The summed E-state index contributed by atoms with van der Waals surface area (Å²) in [6, 6.07) is 3.84. The SMILES string of the molecule is CCn1nc2c(c1C(=O)NCc1cccnc1-n1ccnc1C)C[C@H](C)O[C@@H]2C. The standard InChI is InChI=1S/C21H26N6O2/c1-5-27-19(17-11-13(2)29-14(3)18(17)25-27)21(28)24-12-16-7-6-8-23-20(16)26-10-9-22-15(26)4/h6-10,13-14H,5,11-12H2,1-4H3,(H,24,28)/t13-,14+/m0/s1. The van der Waals surface area contributed by atoms with Crippen molar-refractivity contribution < 1.29 is 9.53 Å². The average Bonchev–Trinajstić information content (AvgIpc) is 3.29. The number of carbonyl (C=O) groups excluding carboxylic acids is 1. The summed E-state index contributed by atoms with van der Waals surface area (Å²) in [5.41, 5.74) is 3.41. The summed E-state index contributed by atoms with van der Waals surface area (Å²) >= 11 is 0. The van der Waals surface area contributed by atoms with Gasteiger partial charge in [-0.1, -0.05) is 6.07 Å². The normalized spacial score (nSPS) is 18.5. The van der Waals surface area contributed by atoms with Crippen molar-refractivity contribution in [2.75, 3.05) is 0 Å². The highest BCUT2D eigenvalue weighted by molar-refractivity contribution is 5.94. The lowest BCUT2D eigenvalue weighted by molar-refractivity contribution is -0.00712. The summed E-state index contributed by atoms with van der Waals surface area (Å²) < 4.78 is 9.58. The smallest absolute Gasteiger partial charge is 0.270 e. The minimum Gasteiger partial charge on any atom is -0.369 e. The second-order valence-corrected chi connectivity index (χ2v) is 7.33. The fourth-order valence-corrected chi connectivity index (χ4v) is 3.92. The van der Waals surface area contributed by atoms with E-state index in [0.29, 0.717) is 25.2 Å². The molecule has 152 valence electrons. The molecule has 1 amide bonds. The third-order valence-corrected chi connectivity index (χ3v) is 5.27. The Kier molecular flexibility index (Phi) is 5.19. The van der Waals surface area contributed by atoms with Gasteiger partial charge in [-0.3, -0.25) is 14.0 Å². The van der Waals surface area contributed by atoms with Crippen LogP contribution in [-0.2, 0) is 24.2 Å². The van der Waals surface area contributed by atoms with Gasteiger partial charge in [-0.15, -0.1) is 0 Å². The van der Waals surface area contributed by atoms with Crippen molar-refractivity contribution in [2.24, 2.45) is 0 Å². The Morgan fingerprint density at radius 3 is 2.86 bits per heavy atom. The lowest BCUT2D eigenvalue weighted by Gasteiger charge is -2.24. The summed E-state index contributed by atoms with van der Waals surface area (Å²) in [6.45, 7) is 8.92. The number of amides is 1. The first kappa shape index (κ1) is 19.3. The molecular formula is C21H26N6O2. The van der Waals surface area contributed by atoms with Gasteiger partial charge in [-0.05, 0) is 33.8 Å². The molecule has 0 unspecified atom stereocenters. The lowest BCUT2D eigenvalue weighted by atomic mass is 9.99. The largest absolute Gasteiger partial charge is 0.369 e. The van der Waals surface area contributed by atoms with Gasteiger partial charge in [0, 0.05) is 49.2 Å². The molecule has 0 aromatic carbocycles.